The van der Waals surface area contributed by atoms with Crippen molar-refractivity contribution in [3.63, 3.8) is 0 Å². The van der Waals surface area contributed by atoms with Crippen molar-refractivity contribution in [1.29, 1.82) is 0 Å². The number of pyridine rings is 1. The first kappa shape index (κ1) is 20.7. The van der Waals surface area contributed by atoms with Gasteiger partial charge in [0.05, 0.1) is 0 Å². The Labute approximate surface area is 177 Å². The zero-order valence-electron chi connectivity index (χ0n) is 15.2. The number of aromatic nitrogens is 1. The van der Waals surface area contributed by atoms with Gasteiger partial charge in [-0.15, -0.1) is 0 Å². The highest BCUT2D eigenvalue weighted by Gasteiger charge is 2.27. The summed E-state index contributed by atoms with van der Waals surface area (Å²) in [6.07, 6.45) is 0. The summed E-state index contributed by atoms with van der Waals surface area (Å²) in [5.74, 6) is -1.50. The Balaban J connectivity index is 2.06. The molecule has 0 unspecified atom stereocenters. The van der Waals surface area contributed by atoms with Gasteiger partial charge in [0, 0.05) is 17.0 Å². The predicted molar refractivity (Wildman–Crippen MR) is 114 cm³/mol. The van der Waals surface area contributed by atoms with Crippen molar-refractivity contribution in [3.05, 3.63) is 76.4 Å². The summed E-state index contributed by atoms with van der Waals surface area (Å²) < 4.78 is 6.08. The normalized spacial score (nSPS) is 10.3. The molecule has 0 atom stereocenters. The van der Waals surface area contributed by atoms with Crippen molar-refractivity contribution in [1.82, 2.24) is 4.98 Å². The number of carbonyl (C=O) groups excluding carboxylic acids is 1. The van der Waals surface area contributed by atoms with Gasteiger partial charge >= 0.3 is 12.9 Å². The van der Waals surface area contributed by atoms with Crippen LogP contribution in [0.4, 0.5) is 5.82 Å². The van der Waals surface area contributed by atoms with Crippen LogP contribution in [0, 0.1) is 0 Å². The van der Waals surface area contributed by atoms with Crippen LogP contribution in [0.15, 0.2) is 60.7 Å². The van der Waals surface area contributed by atoms with Gasteiger partial charge in [-0.25, -0.2) is 9.78 Å². The molecular formula is C20H15BCl2N2O4. The molecule has 1 aromatic heterocycles. The third-order valence-corrected chi connectivity index (χ3v) is 4.38. The van der Waals surface area contributed by atoms with Crippen molar-refractivity contribution in [3.8, 4) is 5.75 Å². The number of anilines is 1. The molecule has 0 bridgehead atoms. The molecule has 3 aromatic rings. The third-order valence-electron chi connectivity index (χ3n) is 3.91. The maximum atomic E-state index is 11.7. The van der Waals surface area contributed by atoms with Crippen LogP contribution in [0.25, 0.3) is 0 Å². The number of amides is 1. The van der Waals surface area contributed by atoms with E-state index in [2.05, 4.69) is 10.3 Å². The monoisotopic (exact) mass is 428 g/mol. The molecule has 2 N–H and O–H groups in total. The zero-order valence-corrected chi connectivity index (χ0v) is 16.7. The van der Waals surface area contributed by atoms with Gasteiger partial charge in [-0.2, -0.15) is 0 Å². The predicted octanol–water partition coefficient (Wildman–Crippen LogP) is 3.23. The molecule has 0 spiro atoms. The fourth-order valence-corrected chi connectivity index (χ4v) is 3.14. The quantitative estimate of drug-likeness (QED) is 0.588. The van der Waals surface area contributed by atoms with Crippen molar-refractivity contribution in [2.75, 3.05) is 5.32 Å². The van der Waals surface area contributed by atoms with Gasteiger partial charge in [0.2, 0.25) is 5.91 Å². The van der Waals surface area contributed by atoms with E-state index in [0.717, 1.165) is 0 Å². The lowest BCUT2D eigenvalue weighted by molar-refractivity contribution is -0.114. The van der Waals surface area contributed by atoms with E-state index in [1.807, 2.05) is 12.1 Å². The van der Waals surface area contributed by atoms with Crippen LogP contribution in [-0.4, -0.2) is 28.9 Å². The minimum atomic E-state index is -1.29. The van der Waals surface area contributed by atoms with Crippen molar-refractivity contribution in [2.24, 2.45) is 0 Å². The number of nitrogens with one attached hydrogen (secondary N) is 1. The van der Waals surface area contributed by atoms with Crippen LogP contribution in [0.2, 0.25) is 10.0 Å². The van der Waals surface area contributed by atoms with Gasteiger partial charge in [0.1, 0.15) is 11.6 Å². The average molecular weight is 429 g/mol. The topological polar surface area (TPSA) is 88.5 Å². The molecule has 9 heteroatoms. The lowest BCUT2D eigenvalue weighted by Gasteiger charge is -2.18. The van der Waals surface area contributed by atoms with Gasteiger partial charge < -0.3 is 15.1 Å². The average Bonchev–Trinajstić information content (AvgIpc) is 2.66. The minimum absolute atomic E-state index is 0.0385. The van der Waals surface area contributed by atoms with Gasteiger partial charge in [0.25, 0.3) is 0 Å². The molecule has 0 fully saturated rings. The summed E-state index contributed by atoms with van der Waals surface area (Å²) in [7, 11) is 0. The third kappa shape index (κ3) is 5.28. The maximum absolute atomic E-state index is 11.7. The van der Waals surface area contributed by atoms with E-state index in [0.29, 0.717) is 21.0 Å². The first-order chi connectivity index (χ1) is 13.8. The lowest BCUT2D eigenvalue weighted by atomic mass is 9.55. The highest BCUT2D eigenvalue weighted by atomic mass is 35.5. The number of carbonyl (C=O) groups is 2. The number of hydrogen-bond donors (Lipinski definition) is 2. The molecule has 0 saturated carbocycles. The zero-order chi connectivity index (χ0) is 21.0. The molecule has 0 aliphatic rings. The molecule has 0 aliphatic carbocycles. The van der Waals surface area contributed by atoms with Gasteiger partial charge in [-0.1, -0.05) is 47.5 Å². The second-order valence-electron chi connectivity index (χ2n) is 6.14. The molecule has 3 rings (SSSR count). The number of benzene rings is 2. The maximum Gasteiger partial charge on any atom is 0.426 e. The number of carboxylic acid groups (broad SMARTS) is 1. The van der Waals surface area contributed by atoms with Crippen LogP contribution in [0.3, 0.4) is 0 Å². The first-order valence-corrected chi connectivity index (χ1v) is 9.28. The Morgan fingerprint density at radius 3 is 2.07 bits per heavy atom. The molecule has 2 aromatic carbocycles. The van der Waals surface area contributed by atoms with E-state index in [1.165, 1.54) is 19.1 Å². The van der Waals surface area contributed by atoms with E-state index in [1.54, 1.807) is 36.4 Å². The number of carboxylic acids is 1. The van der Waals surface area contributed by atoms with E-state index in [4.69, 9.17) is 27.9 Å². The van der Waals surface area contributed by atoms with Crippen LogP contribution in [0.5, 0.6) is 5.75 Å². The van der Waals surface area contributed by atoms with E-state index in [9.17, 15) is 14.7 Å². The number of hydrogen-bond acceptors (Lipinski definition) is 4. The van der Waals surface area contributed by atoms with Crippen molar-refractivity contribution in [2.45, 2.75) is 6.92 Å². The minimum Gasteiger partial charge on any atom is -0.550 e. The molecule has 1 heterocycles. The second kappa shape index (κ2) is 8.98. The smallest absolute Gasteiger partial charge is 0.426 e. The fourth-order valence-electron chi connectivity index (χ4n) is 2.74. The Hall–Kier alpha value is -3.03. The fraction of sp³-hybridized carbons (Fsp3) is 0.0500. The second-order valence-corrected chi connectivity index (χ2v) is 7.01. The summed E-state index contributed by atoms with van der Waals surface area (Å²) in [4.78, 5) is 26.9. The first-order valence-electron chi connectivity index (χ1n) is 8.53. The van der Waals surface area contributed by atoms with Gasteiger partial charge in [-0.3, -0.25) is 4.79 Å². The Kier molecular flexibility index (Phi) is 6.41. The Morgan fingerprint density at radius 2 is 1.59 bits per heavy atom. The number of rotatable bonds is 6. The summed E-state index contributed by atoms with van der Waals surface area (Å²) in [6, 6.07) is 17.0. The summed E-state index contributed by atoms with van der Waals surface area (Å²) in [5.41, 5.74) is 1.09. The molecule has 0 aliphatic heterocycles. The van der Waals surface area contributed by atoms with E-state index >= 15 is 0 Å². The molecule has 0 saturated heterocycles. The van der Waals surface area contributed by atoms with E-state index < -0.39 is 12.9 Å². The largest absolute Gasteiger partial charge is 0.550 e. The number of nitrogens with zero attached hydrogens (tertiary/aromatic N) is 1. The molecule has 1 amide bonds. The van der Waals surface area contributed by atoms with Crippen molar-refractivity contribution < 1.29 is 19.3 Å². The summed E-state index contributed by atoms with van der Waals surface area (Å²) >= 11 is 12.3. The van der Waals surface area contributed by atoms with Crippen molar-refractivity contribution >= 4 is 58.7 Å². The van der Waals surface area contributed by atoms with Crippen LogP contribution in [-0.2, 0) is 4.79 Å². The Bertz CT molecular complexity index is 1030. The number of aromatic carboxylic acids is 1. The van der Waals surface area contributed by atoms with E-state index in [-0.39, 0.29) is 23.2 Å². The Morgan fingerprint density at radius 1 is 1.00 bits per heavy atom. The standard InChI is InChI=1S/C20H15BCl2N2O4/c1-12(26)24-18-9-8-17(19(25-18)20(27)28)29-21(13-4-2-6-15(22)10-13)14-5-3-7-16(23)11-14/h2-11H,1H3,(H,27,28)(H,24,25,26). The van der Waals surface area contributed by atoms with Gasteiger partial charge in [-0.05, 0) is 47.3 Å². The molecular weight excluding hydrogens is 414 g/mol. The molecule has 0 radical (unpaired) electrons. The molecule has 29 heavy (non-hydrogen) atoms. The highest BCUT2D eigenvalue weighted by Crippen LogP contribution is 2.21. The molecule has 6 nitrogen and oxygen atoms in total. The van der Waals surface area contributed by atoms with Crippen LogP contribution in [0.1, 0.15) is 17.4 Å². The molecule has 146 valence electrons. The summed E-state index contributed by atoms with van der Waals surface area (Å²) in [6.45, 7) is 0.625. The van der Waals surface area contributed by atoms with Gasteiger partial charge in [0.15, 0.2) is 5.69 Å². The lowest BCUT2D eigenvalue weighted by Crippen LogP contribution is -2.47. The highest BCUT2D eigenvalue weighted by molar-refractivity contribution is 6.80. The SMILES string of the molecule is CC(=O)Nc1ccc(OB(c2cccc(Cl)c2)c2cccc(Cl)c2)c(C(=O)O)n1. The number of halogens is 2. The van der Waals surface area contributed by atoms with Crippen LogP contribution < -0.4 is 20.9 Å². The summed E-state index contributed by atoms with van der Waals surface area (Å²) in [5, 5.41) is 13.0. The van der Waals surface area contributed by atoms with Crippen LogP contribution >= 0.6 is 23.2 Å².